The number of nitriles is 1. The van der Waals surface area contributed by atoms with Gasteiger partial charge in [-0.25, -0.2) is 9.37 Å². The van der Waals surface area contributed by atoms with Crippen LogP contribution in [0.3, 0.4) is 0 Å². The highest BCUT2D eigenvalue weighted by Gasteiger charge is 2.36. The van der Waals surface area contributed by atoms with Gasteiger partial charge in [-0.2, -0.15) is 9.65 Å². The van der Waals surface area contributed by atoms with Crippen LogP contribution in [0, 0.1) is 29.9 Å². The van der Waals surface area contributed by atoms with Gasteiger partial charge >= 0.3 is 0 Å². The van der Waals surface area contributed by atoms with E-state index in [4.69, 9.17) is 10.00 Å². The number of aromatic nitrogens is 2. The lowest BCUT2D eigenvalue weighted by Gasteiger charge is -2.31. The van der Waals surface area contributed by atoms with E-state index in [1.54, 1.807) is 19.1 Å². The van der Waals surface area contributed by atoms with Gasteiger partial charge < -0.3 is 35.7 Å². The van der Waals surface area contributed by atoms with Gasteiger partial charge in [-0.3, -0.25) is 14.4 Å². The highest BCUT2D eigenvalue weighted by Crippen LogP contribution is 2.30. The average molecular weight is 596 g/mol. The van der Waals surface area contributed by atoms with E-state index >= 15 is 0 Å². The first kappa shape index (κ1) is 31.1. The molecule has 14 heteroatoms. The van der Waals surface area contributed by atoms with Gasteiger partial charge in [-0.1, -0.05) is 0 Å². The summed E-state index contributed by atoms with van der Waals surface area (Å²) in [4.78, 5) is 42.0. The quantitative estimate of drug-likeness (QED) is 0.221. The molecule has 0 atom stereocenters. The van der Waals surface area contributed by atoms with Gasteiger partial charge in [-0.15, -0.1) is 0 Å². The number of hydrogen-bond acceptors (Lipinski definition) is 8. The molecule has 12 nitrogen and oxygen atoms in total. The number of carbonyl (C=O) groups excluding carboxylic acids is 3. The highest BCUT2D eigenvalue weighted by molar-refractivity contribution is 6.03. The molecule has 3 aromatic rings. The molecular weight excluding hydrogens is 564 g/mol. The molecule has 1 aliphatic heterocycles. The number of aliphatic hydroxyl groups is 1. The fraction of sp³-hybridized carbons (Fsp3) is 0.345. The first-order valence-electron chi connectivity index (χ1n) is 13.5. The van der Waals surface area contributed by atoms with Crippen LogP contribution in [0.5, 0.6) is 5.75 Å². The number of anilines is 1. The topological polar surface area (TPSA) is 170 Å². The summed E-state index contributed by atoms with van der Waals surface area (Å²) in [7, 11) is 1.47. The van der Waals surface area contributed by atoms with Gasteiger partial charge in [0.2, 0.25) is 5.82 Å². The number of piperidine rings is 1. The van der Waals surface area contributed by atoms with E-state index in [1.807, 2.05) is 0 Å². The minimum absolute atomic E-state index is 0.0738. The van der Waals surface area contributed by atoms with Crippen molar-refractivity contribution in [1.82, 2.24) is 25.5 Å². The van der Waals surface area contributed by atoms with Crippen LogP contribution >= 0.6 is 0 Å². The third kappa shape index (κ3) is 6.96. The van der Waals surface area contributed by atoms with Crippen LogP contribution in [0.1, 0.15) is 39.4 Å². The molecule has 2 aromatic carbocycles. The zero-order valence-electron chi connectivity index (χ0n) is 23.6. The maximum absolute atomic E-state index is 14.7. The fourth-order valence-corrected chi connectivity index (χ4v) is 4.68. The molecule has 0 spiro atoms. The Balaban J connectivity index is 1.35. The van der Waals surface area contributed by atoms with Crippen molar-refractivity contribution < 1.29 is 33.0 Å². The van der Waals surface area contributed by atoms with Crippen LogP contribution in [0.2, 0.25) is 0 Å². The van der Waals surface area contributed by atoms with Gasteiger partial charge in [0, 0.05) is 37.0 Å². The van der Waals surface area contributed by atoms with E-state index in [2.05, 4.69) is 26.3 Å². The van der Waals surface area contributed by atoms with Gasteiger partial charge in [0.1, 0.15) is 11.7 Å². The Morgan fingerprint density at radius 2 is 1.84 bits per heavy atom. The molecule has 2 heterocycles. The fourth-order valence-electron chi connectivity index (χ4n) is 4.68. The standard InChI is InChI=1S/C29H31F2N7O5/c1-17-15-18(3-4-19(17)26(39)34-12-13-35-28(41)29(42)7-10-33-11-8-29)37-27(40)25-36-16-21(38(25)2)20-5-6-22(43-14-9-32)24(31)23(20)30/h3-6,15-16,33,42H,7-8,10-14H2,1-2H3,(H,34,39)(H,35,41)(H,37,40). The van der Waals surface area contributed by atoms with Crippen LogP contribution in [-0.4, -0.2) is 70.8 Å². The number of nitrogens with zero attached hydrogens (tertiary/aromatic N) is 3. The number of carbonyl (C=O) groups is 3. The smallest absolute Gasteiger partial charge is 0.291 e. The zero-order valence-corrected chi connectivity index (χ0v) is 23.6. The van der Waals surface area contributed by atoms with Crippen LogP contribution in [-0.2, 0) is 11.8 Å². The summed E-state index contributed by atoms with van der Waals surface area (Å²) in [6.45, 7) is 2.65. The molecule has 3 amide bonds. The maximum atomic E-state index is 14.7. The molecule has 1 saturated heterocycles. The first-order chi connectivity index (χ1) is 20.6. The molecule has 0 aliphatic carbocycles. The molecule has 0 radical (unpaired) electrons. The minimum atomic E-state index is -1.41. The number of ether oxygens (including phenoxy) is 1. The number of nitrogens with one attached hydrogen (secondary N) is 4. The van der Waals surface area contributed by atoms with E-state index < -0.39 is 41.4 Å². The predicted molar refractivity (Wildman–Crippen MR) is 151 cm³/mol. The molecule has 43 heavy (non-hydrogen) atoms. The molecule has 1 aromatic heterocycles. The summed E-state index contributed by atoms with van der Waals surface area (Å²) in [6, 6.07) is 8.80. The second-order valence-electron chi connectivity index (χ2n) is 9.99. The number of aryl methyl sites for hydroxylation is 1. The summed E-state index contributed by atoms with van der Waals surface area (Å²) >= 11 is 0. The maximum Gasteiger partial charge on any atom is 0.291 e. The number of rotatable bonds is 10. The molecule has 5 N–H and O–H groups in total. The molecule has 1 fully saturated rings. The Hall–Kier alpha value is -4.87. The number of benzene rings is 2. The van der Waals surface area contributed by atoms with Gasteiger partial charge in [0.05, 0.1) is 11.9 Å². The summed E-state index contributed by atoms with van der Waals surface area (Å²) in [5, 5.41) is 30.2. The molecule has 0 bridgehead atoms. The van der Waals surface area contributed by atoms with E-state index in [9.17, 15) is 28.3 Å². The van der Waals surface area contributed by atoms with Crippen LogP contribution in [0.25, 0.3) is 11.3 Å². The van der Waals surface area contributed by atoms with Crippen molar-refractivity contribution in [2.45, 2.75) is 25.4 Å². The molecule has 0 unspecified atom stereocenters. The highest BCUT2D eigenvalue weighted by atomic mass is 19.2. The first-order valence-corrected chi connectivity index (χ1v) is 13.5. The number of imidazole rings is 1. The van der Waals surface area contributed by atoms with Crippen molar-refractivity contribution in [2.24, 2.45) is 7.05 Å². The van der Waals surface area contributed by atoms with Crippen LogP contribution in [0.15, 0.2) is 36.5 Å². The van der Waals surface area contributed by atoms with Gasteiger partial charge in [0.25, 0.3) is 17.7 Å². The van der Waals surface area contributed by atoms with E-state index in [1.165, 1.54) is 42.1 Å². The Bertz CT molecular complexity index is 1580. The Morgan fingerprint density at radius 3 is 2.53 bits per heavy atom. The van der Waals surface area contributed by atoms with E-state index in [0.717, 1.165) is 0 Å². The lowest BCUT2D eigenvalue weighted by molar-refractivity contribution is -0.142. The van der Waals surface area contributed by atoms with Crippen molar-refractivity contribution in [2.75, 3.05) is 38.1 Å². The second kappa shape index (κ2) is 13.4. The largest absolute Gasteiger partial charge is 0.476 e. The van der Waals surface area contributed by atoms with Gasteiger partial charge in [0.15, 0.2) is 24.0 Å². The number of halogens is 2. The Morgan fingerprint density at radius 1 is 1.12 bits per heavy atom. The van der Waals surface area contributed by atoms with Gasteiger partial charge in [-0.05, 0) is 68.8 Å². The average Bonchev–Trinajstić information content (AvgIpc) is 3.37. The normalized spacial score (nSPS) is 14.0. The van der Waals surface area contributed by atoms with Crippen molar-refractivity contribution in [3.8, 4) is 23.1 Å². The predicted octanol–water partition coefficient (Wildman–Crippen LogP) is 1.79. The summed E-state index contributed by atoms with van der Waals surface area (Å²) in [5.41, 5.74) is -0.110. The summed E-state index contributed by atoms with van der Waals surface area (Å²) in [6.07, 6.45) is 1.87. The lowest BCUT2D eigenvalue weighted by Crippen LogP contribution is -2.53. The molecule has 0 saturated carbocycles. The monoisotopic (exact) mass is 595 g/mol. The molecule has 1 aliphatic rings. The zero-order chi connectivity index (χ0) is 31.1. The SMILES string of the molecule is Cc1cc(NC(=O)c2ncc(-c3ccc(OCC#N)c(F)c3F)n2C)ccc1C(=O)NCCNC(=O)C1(O)CCNCC1. The van der Waals surface area contributed by atoms with Crippen molar-refractivity contribution in [3.05, 3.63) is 65.1 Å². The molecular formula is C29H31F2N7O5. The van der Waals surface area contributed by atoms with Crippen molar-refractivity contribution in [1.29, 1.82) is 5.26 Å². The number of amides is 3. The second-order valence-corrected chi connectivity index (χ2v) is 9.99. The summed E-state index contributed by atoms with van der Waals surface area (Å²) in [5.74, 6) is -4.42. The Labute approximate surface area is 246 Å². The Kier molecular flexibility index (Phi) is 9.69. The third-order valence-corrected chi connectivity index (χ3v) is 7.08. The van der Waals surface area contributed by atoms with Crippen molar-refractivity contribution in [3.63, 3.8) is 0 Å². The van der Waals surface area contributed by atoms with Crippen molar-refractivity contribution >= 4 is 23.4 Å². The number of hydrogen-bond donors (Lipinski definition) is 5. The van der Waals surface area contributed by atoms with Crippen LogP contribution in [0.4, 0.5) is 14.5 Å². The van der Waals surface area contributed by atoms with Crippen LogP contribution < -0.4 is 26.0 Å². The minimum Gasteiger partial charge on any atom is -0.476 e. The molecule has 226 valence electrons. The van der Waals surface area contributed by atoms with E-state index in [-0.39, 0.29) is 36.1 Å². The molecule has 4 rings (SSSR count). The van der Waals surface area contributed by atoms with E-state index in [0.29, 0.717) is 42.7 Å². The lowest BCUT2D eigenvalue weighted by atomic mass is 9.91. The third-order valence-electron chi connectivity index (χ3n) is 7.08. The summed E-state index contributed by atoms with van der Waals surface area (Å²) < 4.78 is 35.3.